The Morgan fingerprint density at radius 2 is 2.21 bits per heavy atom. The van der Waals surface area contributed by atoms with E-state index in [0.717, 1.165) is 13.0 Å². The zero-order valence-corrected chi connectivity index (χ0v) is 10.6. The van der Waals surface area contributed by atoms with Crippen molar-refractivity contribution in [2.45, 2.75) is 12.8 Å². The molecule has 0 aliphatic heterocycles. The van der Waals surface area contributed by atoms with Crippen LogP contribution in [-0.2, 0) is 6.42 Å². The van der Waals surface area contributed by atoms with E-state index in [-0.39, 0.29) is 5.69 Å². The van der Waals surface area contributed by atoms with Gasteiger partial charge in [0.15, 0.2) is 11.7 Å². The maximum Gasteiger partial charge on any atom is 0.280 e. The number of rotatable bonds is 6. The van der Waals surface area contributed by atoms with E-state index in [4.69, 9.17) is 4.42 Å². The molecule has 0 bridgehead atoms. The number of nitro groups is 1. The van der Waals surface area contributed by atoms with E-state index in [9.17, 15) is 10.1 Å². The van der Waals surface area contributed by atoms with E-state index >= 15 is 0 Å². The van der Waals surface area contributed by atoms with E-state index in [1.54, 1.807) is 18.2 Å². The van der Waals surface area contributed by atoms with Crippen molar-refractivity contribution in [2.75, 3.05) is 13.6 Å². The van der Waals surface area contributed by atoms with E-state index in [0.29, 0.717) is 23.6 Å². The Hall–Kier alpha value is -2.21. The van der Waals surface area contributed by atoms with Gasteiger partial charge in [-0.2, -0.15) is 0 Å². The van der Waals surface area contributed by atoms with Gasteiger partial charge in [-0.15, -0.1) is 0 Å². The first-order chi connectivity index (χ1) is 9.22. The second-order valence-electron chi connectivity index (χ2n) is 4.10. The normalized spacial score (nSPS) is 10.6. The van der Waals surface area contributed by atoms with Crippen LogP contribution in [0.3, 0.4) is 0 Å². The van der Waals surface area contributed by atoms with Crippen LogP contribution in [0.1, 0.15) is 12.3 Å². The number of para-hydroxylation sites is 1. The molecule has 1 aromatic carbocycles. The Bertz CT molecular complexity index is 566. The summed E-state index contributed by atoms with van der Waals surface area (Å²) in [7, 11) is 1.88. The number of aromatic nitrogens is 1. The average molecular weight is 261 g/mol. The fraction of sp³-hybridized carbons (Fsp3) is 0.308. The van der Waals surface area contributed by atoms with Gasteiger partial charge in [-0.3, -0.25) is 10.1 Å². The molecule has 0 spiro atoms. The van der Waals surface area contributed by atoms with Gasteiger partial charge in [0.05, 0.1) is 16.7 Å². The molecule has 1 heterocycles. The second-order valence-corrected chi connectivity index (χ2v) is 4.10. The van der Waals surface area contributed by atoms with Crippen molar-refractivity contribution >= 4 is 5.69 Å². The third-order valence-corrected chi connectivity index (χ3v) is 2.74. The highest BCUT2D eigenvalue weighted by Crippen LogP contribution is 2.29. The van der Waals surface area contributed by atoms with E-state index in [1.807, 2.05) is 7.05 Å². The molecule has 0 radical (unpaired) electrons. The quantitative estimate of drug-likeness (QED) is 0.490. The number of oxazole rings is 1. The summed E-state index contributed by atoms with van der Waals surface area (Å²) in [4.78, 5) is 14.7. The Morgan fingerprint density at radius 3 is 2.95 bits per heavy atom. The molecule has 0 atom stereocenters. The summed E-state index contributed by atoms with van der Waals surface area (Å²) in [6.07, 6.45) is 3.16. The van der Waals surface area contributed by atoms with Gasteiger partial charge < -0.3 is 9.73 Å². The molecule has 0 aliphatic carbocycles. The third kappa shape index (κ3) is 3.17. The molecule has 0 aliphatic rings. The van der Waals surface area contributed by atoms with E-state index in [1.165, 1.54) is 12.3 Å². The van der Waals surface area contributed by atoms with Gasteiger partial charge >= 0.3 is 0 Å². The number of hydrogen-bond acceptors (Lipinski definition) is 5. The first-order valence-corrected chi connectivity index (χ1v) is 6.05. The molecule has 0 fully saturated rings. The van der Waals surface area contributed by atoms with Crippen molar-refractivity contribution in [1.29, 1.82) is 0 Å². The molecule has 6 heteroatoms. The topological polar surface area (TPSA) is 81.2 Å². The molecular formula is C13H15N3O3. The number of aryl methyl sites for hydroxylation is 1. The minimum absolute atomic E-state index is 0.0282. The maximum absolute atomic E-state index is 10.9. The van der Waals surface area contributed by atoms with Crippen LogP contribution in [-0.4, -0.2) is 23.5 Å². The Morgan fingerprint density at radius 1 is 1.42 bits per heavy atom. The van der Waals surface area contributed by atoms with Crippen molar-refractivity contribution in [3.63, 3.8) is 0 Å². The monoisotopic (exact) mass is 261 g/mol. The zero-order chi connectivity index (χ0) is 13.7. The maximum atomic E-state index is 10.9. The number of nitro benzene ring substituents is 1. The summed E-state index contributed by atoms with van der Waals surface area (Å²) in [5.41, 5.74) is 0.486. The smallest absolute Gasteiger partial charge is 0.280 e. The summed E-state index contributed by atoms with van der Waals surface area (Å²) in [6, 6.07) is 6.49. The summed E-state index contributed by atoms with van der Waals surface area (Å²) < 4.78 is 5.56. The van der Waals surface area contributed by atoms with Gasteiger partial charge in [0, 0.05) is 12.5 Å². The summed E-state index contributed by atoms with van der Waals surface area (Å²) in [6.45, 7) is 0.878. The third-order valence-electron chi connectivity index (χ3n) is 2.74. The van der Waals surface area contributed by atoms with Gasteiger partial charge in [0.25, 0.3) is 5.69 Å². The number of hydrogen-bond donors (Lipinski definition) is 1. The SMILES string of the molecule is CNCCCc1ncc(-c2ccccc2[N+](=O)[O-])o1. The van der Waals surface area contributed by atoms with Gasteiger partial charge in [-0.1, -0.05) is 12.1 Å². The predicted molar refractivity (Wildman–Crippen MR) is 70.8 cm³/mol. The lowest BCUT2D eigenvalue weighted by molar-refractivity contribution is -0.384. The van der Waals surface area contributed by atoms with Crippen LogP contribution < -0.4 is 5.32 Å². The molecule has 1 aromatic heterocycles. The fourth-order valence-electron chi connectivity index (χ4n) is 1.81. The van der Waals surface area contributed by atoms with Crippen LogP contribution in [0.2, 0.25) is 0 Å². The average Bonchev–Trinajstić information content (AvgIpc) is 2.88. The minimum Gasteiger partial charge on any atom is -0.440 e. The first-order valence-electron chi connectivity index (χ1n) is 6.05. The molecule has 6 nitrogen and oxygen atoms in total. The number of benzene rings is 1. The first kappa shape index (κ1) is 13.2. The second kappa shape index (κ2) is 6.10. The molecule has 1 N–H and O–H groups in total. The molecule has 19 heavy (non-hydrogen) atoms. The lowest BCUT2D eigenvalue weighted by atomic mass is 10.1. The van der Waals surface area contributed by atoms with E-state index < -0.39 is 4.92 Å². The van der Waals surface area contributed by atoms with Crippen molar-refractivity contribution in [2.24, 2.45) is 0 Å². The van der Waals surface area contributed by atoms with Crippen molar-refractivity contribution in [3.8, 4) is 11.3 Å². The molecule has 0 saturated carbocycles. The van der Waals surface area contributed by atoms with Crippen LogP contribution in [0.25, 0.3) is 11.3 Å². The molecular weight excluding hydrogens is 246 g/mol. The van der Waals surface area contributed by atoms with Crippen LogP contribution in [0.4, 0.5) is 5.69 Å². The highest BCUT2D eigenvalue weighted by atomic mass is 16.6. The van der Waals surface area contributed by atoms with Crippen LogP contribution in [0.5, 0.6) is 0 Å². The highest BCUT2D eigenvalue weighted by Gasteiger charge is 2.17. The molecule has 0 amide bonds. The van der Waals surface area contributed by atoms with Crippen molar-refractivity contribution in [3.05, 3.63) is 46.5 Å². The van der Waals surface area contributed by atoms with Crippen LogP contribution in [0, 0.1) is 10.1 Å². The number of nitrogens with zero attached hydrogens (tertiary/aromatic N) is 2. The van der Waals surface area contributed by atoms with Crippen molar-refractivity contribution in [1.82, 2.24) is 10.3 Å². The van der Waals surface area contributed by atoms with Gasteiger partial charge in [0.1, 0.15) is 0 Å². The molecule has 2 aromatic rings. The lowest BCUT2D eigenvalue weighted by Gasteiger charge is -1.98. The summed E-state index contributed by atoms with van der Waals surface area (Å²) >= 11 is 0. The van der Waals surface area contributed by atoms with Gasteiger partial charge in [-0.05, 0) is 26.1 Å². The molecule has 0 unspecified atom stereocenters. The lowest BCUT2D eigenvalue weighted by Crippen LogP contribution is -2.08. The Balaban J connectivity index is 2.21. The standard InChI is InChI=1S/C13H15N3O3/c1-14-8-4-7-13-15-9-12(19-13)10-5-2-3-6-11(10)16(17)18/h2-3,5-6,9,14H,4,7-8H2,1H3. The van der Waals surface area contributed by atoms with Crippen LogP contribution in [0.15, 0.2) is 34.9 Å². The molecule has 2 rings (SSSR count). The Kier molecular flexibility index (Phi) is 4.25. The van der Waals surface area contributed by atoms with Gasteiger partial charge in [-0.25, -0.2) is 4.98 Å². The minimum atomic E-state index is -0.418. The highest BCUT2D eigenvalue weighted by molar-refractivity contribution is 5.68. The predicted octanol–water partition coefficient (Wildman–Crippen LogP) is 2.40. The number of nitrogens with one attached hydrogen (secondary N) is 1. The summed E-state index contributed by atoms with van der Waals surface area (Å²) in [5.74, 6) is 1.04. The molecule has 0 saturated heterocycles. The fourth-order valence-corrected chi connectivity index (χ4v) is 1.81. The summed E-state index contributed by atoms with van der Waals surface area (Å²) in [5, 5.41) is 14.0. The van der Waals surface area contributed by atoms with Crippen molar-refractivity contribution < 1.29 is 9.34 Å². The van der Waals surface area contributed by atoms with E-state index in [2.05, 4.69) is 10.3 Å². The molecule has 100 valence electrons. The van der Waals surface area contributed by atoms with Crippen LogP contribution >= 0.6 is 0 Å². The largest absolute Gasteiger partial charge is 0.440 e. The Labute approximate surface area is 110 Å². The zero-order valence-electron chi connectivity index (χ0n) is 10.6. The van der Waals surface area contributed by atoms with Gasteiger partial charge in [0.2, 0.25) is 0 Å².